The molecule has 3 aromatic rings. The van der Waals surface area contributed by atoms with Gasteiger partial charge in [-0.3, -0.25) is 14.6 Å². The van der Waals surface area contributed by atoms with Gasteiger partial charge in [-0.05, 0) is 24.3 Å². The molecule has 2 aromatic heterocycles. The first kappa shape index (κ1) is 16.3. The Labute approximate surface area is 151 Å². The highest BCUT2D eigenvalue weighted by Gasteiger charge is 2.17. The van der Waals surface area contributed by atoms with Crippen LogP contribution in [0.15, 0.2) is 42.9 Å². The van der Waals surface area contributed by atoms with Crippen LogP contribution in [-0.4, -0.2) is 52.1 Å². The van der Waals surface area contributed by atoms with Crippen LogP contribution in [0, 0.1) is 0 Å². The molecule has 1 aromatic carbocycles. The van der Waals surface area contributed by atoms with Crippen LogP contribution >= 0.6 is 0 Å². The van der Waals surface area contributed by atoms with Gasteiger partial charge in [0.2, 0.25) is 0 Å². The Kier molecular flexibility index (Phi) is 4.40. The quantitative estimate of drug-likeness (QED) is 0.662. The van der Waals surface area contributed by atoms with E-state index in [9.17, 15) is 4.79 Å². The first-order chi connectivity index (χ1) is 12.7. The average molecular weight is 351 g/mol. The van der Waals surface area contributed by atoms with E-state index in [0.29, 0.717) is 11.3 Å². The highest BCUT2D eigenvalue weighted by atomic mass is 16.1. The number of carbonyl (C=O) groups is 1. The maximum absolute atomic E-state index is 12.6. The number of H-pyrrole nitrogens is 1. The second-order valence-electron chi connectivity index (χ2n) is 6.30. The Bertz CT molecular complexity index is 890. The molecule has 0 saturated carbocycles. The van der Waals surface area contributed by atoms with E-state index in [0.717, 1.165) is 37.4 Å². The Morgan fingerprint density at radius 2 is 1.92 bits per heavy atom. The van der Waals surface area contributed by atoms with Crippen LogP contribution in [-0.2, 0) is 7.05 Å². The summed E-state index contributed by atoms with van der Waals surface area (Å²) in [6.07, 6.45) is 5.08. The van der Waals surface area contributed by atoms with Gasteiger partial charge in [-0.1, -0.05) is 0 Å². The number of aromatic amines is 1. The smallest absolute Gasteiger partial charge is 0.259 e. The fourth-order valence-electron chi connectivity index (χ4n) is 3.11. The van der Waals surface area contributed by atoms with Crippen molar-refractivity contribution in [1.29, 1.82) is 0 Å². The summed E-state index contributed by atoms with van der Waals surface area (Å²) in [6.45, 7) is 3.98. The summed E-state index contributed by atoms with van der Waals surface area (Å²) in [7, 11) is 1.83. The van der Waals surface area contributed by atoms with Gasteiger partial charge in [-0.15, -0.1) is 0 Å². The van der Waals surface area contributed by atoms with Crippen molar-refractivity contribution in [2.24, 2.45) is 7.05 Å². The number of anilines is 2. The van der Waals surface area contributed by atoms with E-state index in [4.69, 9.17) is 0 Å². The third kappa shape index (κ3) is 3.31. The van der Waals surface area contributed by atoms with Crippen molar-refractivity contribution in [2.75, 3.05) is 36.4 Å². The standard InChI is InChI=1S/C18H21N7O/c1-24-12-13(10-21-24)17-16(11-20-23-17)18(26)22-14-2-4-15(5-3-14)25-8-6-19-7-9-25/h2-5,10-12,19H,6-9H2,1H3,(H,20,23)(H,22,26). The molecule has 1 aliphatic rings. The minimum Gasteiger partial charge on any atom is -0.369 e. The molecule has 0 unspecified atom stereocenters. The third-order valence-electron chi connectivity index (χ3n) is 4.48. The van der Waals surface area contributed by atoms with Gasteiger partial charge < -0.3 is 15.5 Å². The minimum atomic E-state index is -0.201. The van der Waals surface area contributed by atoms with Crippen molar-refractivity contribution >= 4 is 17.3 Å². The Morgan fingerprint density at radius 1 is 1.15 bits per heavy atom. The zero-order chi connectivity index (χ0) is 17.9. The first-order valence-corrected chi connectivity index (χ1v) is 8.60. The van der Waals surface area contributed by atoms with Crippen molar-refractivity contribution in [3.05, 3.63) is 48.4 Å². The van der Waals surface area contributed by atoms with Gasteiger partial charge in [0.1, 0.15) is 0 Å². The highest BCUT2D eigenvalue weighted by Crippen LogP contribution is 2.22. The summed E-state index contributed by atoms with van der Waals surface area (Å²) in [4.78, 5) is 15.0. The van der Waals surface area contributed by atoms with E-state index in [1.165, 1.54) is 11.9 Å². The lowest BCUT2D eigenvalue weighted by Gasteiger charge is -2.29. The second-order valence-corrected chi connectivity index (χ2v) is 6.30. The molecule has 0 radical (unpaired) electrons. The van der Waals surface area contributed by atoms with Crippen molar-refractivity contribution < 1.29 is 4.79 Å². The number of amides is 1. The fourth-order valence-corrected chi connectivity index (χ4v) is 3.11. The number of nitrogens with zero attached hydrogens (tertiary/aromatic N) is 4. The summed E-state index contributed by atoms with van der Waals surface area (Å²) in [5.41, 5.74) is 3.90. The van der Waals surface area contributed by atoms with Gasteiger partial charge in [-0.25, -0.2) is 0 Å². The SMILES string of the molecule is Cn1cc(-c2[nH]ncc2C(=O)Nc2ccc(N3CCNCC3)cc2)cn1. The van der Waals surface area contributed by atoms with Crippen molar-refractivity contribution in [1.82, 2.24) is 25.3 Å². The molecule has 0 bridgehead atoms. The number of aromatic nitrogens is 4. The van der Waals surface area contributed by atoms with Crippen LogP contribution in [0.4, 0.5) is 11.4 Å². The van der Waals surface area contributed by atoms with Crippen molar-refractivity contribution in [2.45, 2.75) is 0 Å². The molecular weight excluding hydrogens is 330 g/mol. The van der Waals surface area contributed by atoms with Gasteiger partial charge in [0.25, 0.3) is 5.91 Å². The van der Waals surface area contributed by atoms with Crippen LogP contribution in [0.1, 0.15) is 10.4 Å². The Hall–Kier alpha value is -3.13. The molecule has 3 N–H and O–H groups in total. The topological polar surface area (TPSA) is 90.9 Å². The third-order valence-corrected chi connectivity index (χ3v) is 4.48. The predicted molar refractivity (Wildman–Crippen MR) is 100 cm³/mol. The molecule has 1 saturated heterocycles. The number of piperazine rings is 1. The molecule has 4 rings (SSSR count). The maximum atomic E-state index is 12.6. The van der Waals surface area contributed by atoms with Crippen molar-refractivity contribution in [3.63, 3.8) is 0 Å². The highest BCUT2D eigenvalue weighted by molar-refractivity contribution is 6.07. The molecule has 134 valence electrons. The number of carbonyl (C=O) groups excluding carboxylic acids is 1. The molecule has 0 spiro atoms. The molecular formula is C18H21N7O. The average Bonchev–Trinajstić information content (AvgIpc) is 3.32. The molecule has 1 amide bonds. The fraction of sp³-hybridized carbons (Fsp3) is 0.278. The Balaban J connectivity index is 1.48. The number of benzene rings is 1. The first-order valence-electron chi connectivity index (χ1n) is 8.60. The number of rotatable bonds is 4. The summed E-state index contributed by atoms with van der Waals surface area (Å²) in [6, 6.07) is 7.94. The Morgan fingerprint density at radius 3 is 2.62 bits per heavy atom. The van der Waals surface area contributed by atoms with E-state index < -0.39 is 0 Å². The molecule has 26 heavy (non-hydrogen) atoms. The van der Waals surface area contributed by atoms with E-state index >= 15 is 0 Å². The van der Waals surface area contributed by atoms with E-state index in [-0.39, 0.29) is 5.91 Å². The molecule has 1 aliphatic heterocycles. The number of hydrogen-bond donors (Lipinski definition) is 3. The predicted octanol–water partition coefficient (Wildman–Crippen LogP) is 1.47. The molecule has 1 fully saturated rings. The zero-order valence-corrected chi connectivity index (χ0v) is 14.6. The lowest BCUT2D eigenvalue weighted by atomic mass is 10.1. The lowest BCUT2D eigenvalue weighted by molar-refractivity contribution is 0.102. The maximum Gasteiger partial charge on any atom is 0.259 e. The van der Waals surface area contributed by atoms with E-state index in [1.54, 1.807) is 10.9 Å². The number of hydrogen-bond acceptors (Lipinski definition) is 5. The zero-order valence-electron chi connectivity index (χ0n) is 14.6. The van der Waals surface area contributed by atoms with Crippen LogP contribution in [0.3, 0.4) is 0 Å². The molecule has 0 aliphatic carbocycles. The summed E-state index contributed by atoms with van der Waals surface area (Å²) in [5.74, 6) is -0.201. The van der Waals surface area contributed by atoms with Gasteiger partial charge in [0.05, 0.1) is 23.7 Å². The van der Waals surface area contributed by atoms with Gasteiger partial charge >= 0.3 is 0 Å². The summed E-state index contributed by atoms with van der Waals surface area (Å²) < 4.78 is 1.69. The number of aryl methyl sites for hydroxylation is 1. The second kappa shape index (κ2) is 7.01. The van der Waals surface area contributed by atoms with Gasteiger partial charge in [0.15, 0.2) is 0 Å². The summed E-state index contributed by atoms with van der Waals surface area (Å²) in [5, 5.41) is 17.3. The van der Waals surface area contributed by atoms with Crippen LogP contribution < -0.4 is 15.5 Å². The molecule has 3 heterocycles. The largest absolute Gasteiger partial charge is 0.369 e. The van der Waals surface area contributed by atoms with E-state index in [1.807, 2.05) is 37.5 Å². The normalized spacial score (nSPS) is 14.4. The molecule has 8 nitrogen and oxygen atoms in total. The number of nitrogens with one attached hydrogen (secondary N) is 3. The summed E-state index contributed by atoms with van der Waals surface area (Å²) >= 11 is 0. The van der Waals surface area contributed by atoms with Crippen LogP contribution in [0.5, 0.6) is 0 Å². The van der Waals surface area contributed by atoms with Gasteiger partial charge in [-0.2, -0.15) is 10.2 Å². The monoisotopic (exact) mass is 351 g/mol. The van der Waals surface area contributed by atoms with Crippen LogP contribution in [0.25, 0.3) is 11.3 Å². The van der Waals surface area contributed by atoms with Gasteiger partial charge in [0, 0.05) is 56.4 Å². The minimum absolute atomic E-state index is 0.201. The van der Waals surface area contributed by atoms with Crippen molar-refractivity contribution in [3.8, 4) is 11.3 Å². The lowest BCUT2D eigenvalue weighted by Crippen LogP contribution is -2.43. The van der Waals surface area contributed by atoms with E-state index in [2.05, 4.69) is 30.8 Å². The molecule has 0 atom stereocenters. The van der Waals surface area contributed by atoms with Crippen LogP contribution in [0.2, 0.25) is 0 Å². The molecule has 8 heteroatoms.